The summed E-state index contributed by atoms with van der Waals surface area (Å²) in [4.78, 5) is 21.5. The summed E-state index contributed by atoms with van der Waals surface area (Å²) >= 11 is 0. The van der Waals surface area contributed by atoms with Crippen molar-refractivity contribution in [2.75, 3.05) is 0 Å². The predicted octanol–water partition coefficient (Wildman–Crippen LogP) is 4.16. The first kappa shape index (κ1) is 19.5. The molecule has 6 nitrogen and oxygen atoms in total. The van der Waals surface area contributed by atoms with Gasteiger partial charge < -0.3 is 20.4 Å². The predicted molar refractivity (Wildman–Crippen MR) is 100 cm³/mol. The number of benzene rings is 3. The van der Waals surface area contributed by atoms with Crippen LogP contribution in [0.4, 0.5) is 0 Å². The highest BCUT2D eigenvalue weighted by molar-refractivity contribution is 5.96. The third-order valence-electron chi connectivity index (χ3n) is 3.76. The molecule has 0 radical (unpaired) electrons. The third-order valence-corrected chi connectivity index (χ3v) is 3.76. The molecule has 4 N–H and O–H groups in total. The van der Waals surface area contributed by atoms with Gasteiger partial charge in [0.2, 0.25) is 0 Å². The van der Waals surface area contributed by atoms with Crippen LogP contribution in [0.15, 0.2) is 66.7 Å². The summed E-state index contributed by atoms with van der Waals surface area (Å²) in [6.45, 7) is 1.64. The fourth-order valence-corrected chi connectivity index (χ4v) is 2.46. The summed E-state index contributed by atoms with van der Waals surface area (Å²) in [6, 6.07) is 17.5. The van der Waals surface area contributed by atoms with Crippen molar-refractivity contribution in [3.8, 4) is 22.6 Å². The number of hydrogen-bond donors (Lipinski definition) is 4. The van der Waals surface area contributed by atoms with E-state index < -0.39 is 11.9 Å². The second-order valence-electron chi connectivity index (χ2n) is 5.71. The maximum atomic E-state index is 11.0. The van der Waals surface area contributed by atoms with Gasteiger partial charge in [0.15, 0.2) is 0 Å². The van der Waals surface area contributed by atoms with Crippen molar-refractivity contribution in [1.29, 1.82) is 0 Å². The highest BCUT2D eigenvalue weighted by Crippen LogP contribution is 2.27. The molecule has 0 aromatic heterocycles. The Labute approximate surface area is 155 Å². The van der Waals surface area contributed by atoms with Crippen LogP contribution >= 0.6 is 0 Å². The monoisotopic (exact) mass is 366 g/mol. The lowest BCUT2D eigenvalue weighted by atomic mass is 9.99. The van der Waals surface area contributed by atoms with Crippen LogP contribution in [0.2, 0.25) is 0 Å². The van der Waals surface area contributed by atoms with Gasteiger partial charge in [-0.15, -0.1) is 0 Å². The van der Waals surface area contributed by atoms with E-state index in [9.17, 15) is 14.7 Å². The Morgan fingerprint density at radius 2 is 1.22 bits per heavy atom. The number of carboxylic acids is 2. The van der Waals surface area contributed by atoms with Crippen LogP contribution in [0.25, 0.3) is 11.1 Å². The Kier molecular flexibility index (Phi) is 6.17. The maximum absolute atomic E-state index is 11.0. The first-order valence-corrected chi connectivity index (χ1v) is 7.94. The molecule has 0 heterocycles. The number of hydrogen-bond acceptors (Lipinski definition) is 4. The van der Waals surface area contributed by atoms with Gasteiger partial charge in [0, 0.05) is 0 Å². The summed E-state index contributed by atoms with van der Waals surface area (Å²) in [5.41, 5.74) is 2.27. The van der Waals surface area contributed by atoms with E-state index in [1.807, 2.05) is 18.2 Å². The highest BCUT2D eigenvalue weighted by Gasteiger charge is 2.11. The van der Waals surface area contributed by atoms with Gasteiger partial charge in [0.05, 0.1) is 11.1 Å². The Balaban J connectivity index is 0.000000208. The fraction of sp³-hybridized carbons (Fsp3) is 0.0476. The lowest BCUT2D eigenvalue weighted by molar-refractivity contribution is 0.0686. The summed E-state index contributed by atoms with van der Waals surface area (Å²) in [6.07, 6.45) is 0. The van der Waals surface area contributed by atoms with Gasteiger partial charge in [0.1, 0.15) is 11.5 Å². The number of aromatic hydroxyl groups is 2. The topological polar surface area (TPSA) is 115 Å². The summed E-state index contributed by atoms with van der Waals surface area (Å²) in [5.74, 6) is -1.82. The number of phenolic OH excluding ortho intramolecular Hbond substituents is 2. The summed E-state index contributed by atoms with van der Waals surface area (Å²) in [5, 5.41) is 35.9. The second-order valence-corrected chi connectivity index (χ2v) is 5.71. The minimum absolute atomic E-state index is 0.0591. The SMILES string of the molecule is Cc1cc(O)ccc1C(=O)O.O=C(O)c1ccc(O)cc1-c1ccccc1. The zero-order valence-corrected chi connectivity index (χ0v) is 14.5. The average Bonchev–Trinajstić information content (AvgIpc) is 2.62. The van der Waals surface area contributed by atoms with Gasteiger partial charge in [-0.05, 0) is 60.0 Å². The van der Waals surface area contributed by atoms with E-state index in [1.54, 1.807) is 19.1 Å². The summed E-state index contributed by atoms with van der Waals surface area (Å²) in [7, 11) is 0. The van der Waals surface area contributed by atoms with Gasteiger partial charge in [-0.2, -0.15) is 0 Å². The van der Waals surface area contributed by atoms with Gasteiger partial charge in [-0.3, -0.25) is 0 Å². The van der Waals surface area contributed by atoms with Gasteiger partial charge in [-0.25, -0.2) is 9.59 Å². The Hall–Kier alpha value is -3.80. The molecule has 3 aromatic rings. The number of rotatable bonds is 3. The molecule has 0 spiro atoms. The quantitative estimate of drug-likeness (QED) is 0.553. The van der Waals surface area contributed by atoms with Crippen molar-refractivity contribution in [3.05, 3.63) is 83.4 Å². The van der Waals surface area contributed by atoms with Crippen LogP contribution in [0.5, 0.6) is 11.5 Å². The van der Waals surface area contributed by atoms with E-state index >= 15 is 0 Å². The smallest absolute Gasteiger partial charge is 0.336 e. The molecule has 0 bridgehead atoms. The van der Waals surface area contributed by atoms with Crippen molar-refractivity contribution in [2.45, 2.75) is 6.92 Å². The molecule has 0 amide bonds. The van der Waals surface area contributed by atoms with E-state index in [1.165, 1.54) is 36.4 Å². The van der Waals surface area contributed by atoms with Crippen molar-refractivity contribution in [3.63, 3.8) is 0 Å². The number of aryl methyl sites for hydroxylation is 1. The van der Waals surface area contributed by atoms with E-state index in [4.69, 9.17) is 15.3 Å². The van der Waals surface area contributed by atoms with Crippen LogP contribution in [-0.2, 0) is 0 Å². The number of carboxylic acid groups (broad SMARTS) is 2. The average molecular weight is 366 g/mol. The van der Waals surface area contributed by atoms with E-state index in [2.05, 4.69) is 0 Å². The molecule has 0 aliphatic heterocycles. The first-order chi connectivity index (χ1) is 12.8. The lowest BCUT2D eigenvalue weighted by Crippen LogP contribution is -1.98. The molecular formula is C21H18O6. The molecule has 3 rings (SSSR count). The van der Waals surface area contributed by atoms with Crippen LogP contribution in [0, 0.1) is 6.92 Å². The molecule has 3 aromatic carbocycles. The van der Waals surface area contributed by atoms with E-state index in [-0.39, 0.29) is 22.6 Å². The van der Waals surface area contributed by atoms with Crippen LogP contribution < -0.4 is 0 Å². The lowest BCUT2D eigenvalue weighted by Gasteiger charge is -2.06. The largest absolute Gasteiger partial charge is 0.508 e. The second kappa shape index (κ2) is 8.53. The van der Waals surface area contributed by atoms with Crippen LogP contribution in [-0.4, -0.2) is 32.4 Å². The molecule has 27 heavy (non-hydrogen) atoms. The molecule has 0 atom stereocenters. The molecule has 0 saturated heterocycles. The zero-order chi connectivity index (χ0) is 20.0. The molecule has 6 heteroatoms. The maximum Gasteiger partial charge on any atom is 0.336 e. The van der Waals surface area contributed by atoms with Gasteiger partial charge >= 0.3 is 11.9 Å². The molecule has 138 valence electrons. The molecule has 0 fully saturated rings. The van der Waals surface area contributed by atoms with Crippen LogP contribution in [0.3, 0.4) is 0 Å². The number of carbonyl (C=O) groups is 2. The van der Waals surface area contributed by atoms with Crippen molar-refractivity contribution < 1.29 is 30.0 Å². The Morgan fingerprint density at radius 1 is 0.704 bits per heavy atom. The minimum atomic E-state index is -1.00. The molecule has 0 unspecified atom stereocenters. The minimum Gasteiger partial charge on any atom is -0.508 e. The van der Waals surface area contributed by atoms with Gasteiger partial charge in [0.25, 0.3) is 0 Å². The molecular weight excluding hydrogens is 348 g/mol. The third kappa shape index (κ3) is 5.09. The standard InChI is InChI=1S/C13H10O3.C8H8O3/c14-10-6-7-11(13(15)16)12(8-10)9-4-2-1-3-5-9;1-5-4-6(9)2-3-7(5)8(10)11/h1-8,14H,(H,15,16);2-4,9H,1H3,(H,10,11). The fourth-order valence-electron chi connectivity index (χ4n) is 2.46. The summed E-state index contributed by atoms with van der Waals surface area (Å²) < 4.78 is 0. The van der Waals surface area contributed by atoms with E-state index in [0.29, 0.717) is 11.1 Å². The van der Waals surface area contributed by atoms with Crippen molar-refractivity contribution in [2.24, 2.45) is 0 Å². The normalized spacial score (nSPS) is 9.81. The van der Waals surface area contributed by atoms with E-state index in [0.717, 1.165) is 5.56 Å². The zero-order valence-electron chi connectivity index (χ0n) is 14.5. The van der Waals surface area contributed by atoms with Crippen LogP contribution in [0.1, 0.15) is 26.3 Å². The Bertz CT molecular complexity index is 964. The van der Waals surface area contributed by atoms with Crippen molar-refractivity contribution in [1.82, 2.24) is 0 Å². The number of aromatic carboxylic acids is 2. The molecule has 0 aliphatic rings. The number of phenols is 2. The van der Waals surface area contributed by atoms with Crippen molar-refractivity contribution >= 4 is 11.9 Å². The molecule has 0 saturated carbocycles. The molecule has 0 aliphatic carbocycles. The first-order valence-electron chi connectivity index (χ1n) is 7.94. The van der Waals surface area contributed by atoms with Gasteiger partial charge in [-0.1, -0.05) is 30.3 Å². The highest BCUT2D eigenvalue weighted by atomic mass is 16.4. The Morgan fingerprint density at radius 3 is 1.74 bits per heavy atom.